The van der Waals surface area contributed by atoms with Gasteiger partial charge in [-0.15, -0.1) is 0 Å². The highest BCUT2D eigenvalue weighted by molar-refractivity contribution is 6.07. The highest BCUT2D eigenvalue weighted by Crippen LogP contribution is 2.24. The van der Waals surface area contributed by atoms with E-state index in [0.717, 1.165) is 4.90 Å². The molecule has 0 radical (unpaired) electrons. The molecular formula is C18H29N3O6. The van der Waals surface area contributed by atoms with Crippen LogP contribution in [-0.4, -0.2) is 77.1 Å². The van der Waals surface area contributed by atoms with Crippen LogP contribution >= 0.6 is 0 Å². The van der Waals surface area contributed by atoms with Crippen LogP contribution in [0.3, 0.4) is 0 Å². The highest BCUT2D eigenvalue weighted by Gasteiger charge is 2.45. The lowest BCUT2D eigenvalue weighted by atomic mass is 10.1. The van der Waals surface area contributed by atoms with E-state index < -0.39 is 35.6 Å². The molecule has 2 rings (SSSR count). The van der Waals surface area contributed by atoms with E-state index in [1.807, 2.05) is 0 Å². The van der Waals surface area contributed by atoms with Gasteiger partial charge in [0.15, 0.2) is 0 Å². The summed E-state index contributed by atoms with van der Waals surface area (Å²) in [5.74, 6) is -1.23. The summed E-state index contributed by atoms with van der Waals surface area (Å²) in [6.07, 6.45) is -0.693. The molecule has 1 N–H and O–H groups in total. The van der Waals surface area contributed by atoms with Gasteiger partial charge in [-0.25, -0.2) is 4.79 Å². The van der Waals surface area contributed by atoms with Gasteiger partial charge in [-0.2, -0.15) is 0 Å². The molecule has 2 heterocycles. The molecule has 0 aromatic heterocycles. The minimum Gasteiger partial charge on any atom is -0.444 e. The first kappa shape index (κ1) is 21.1. The van der Waals surface area contributed by atoms with Gasteiger partial charge in [-0.3, -0.25) is 24.2 Å². The normalized spacial score (nSPS) is 26.1. The van der Waals surface area contributed by atoms with Crippen LogP contribution in [0.25, 0.3) is 0 Å². The Labute approximate surface area is 159 Å². The zero-order valence-corrected chi connectivity index (χ0v) is 16.8. The highest BCUT2D eigenvalue weighted by atomic mass is 16.6. The van der Waals surface area contributed by atoms with Crippen molar-refractivity contribution in [3.8, 4) is 0 Å². The summed E-state index contributed by atoms with van der Waals surface area (Å²) in [7, 11) is 1.51. The number of nitrogens with zero attached hydrogens (tertiary/aromatic N) is 2. The molecule has 0 saturated carbocycles. The zero-order valence-electron chi connectivity index (χ0n) is 16.8. The molecule has 0 bridgehead atoms. The number of rotatable bonds is 4. The monoisotopic (exact) mass is 383 g/mol. The fraction of sp³-hybridized carbons (Fsp3) is 0.778. The Bertz CT molecular complexity index is 627. The van der Waals surface area contributed by atoms with Crippen LogP contribution < -0.4 is 5.32 Å². The van der Waals surface area contributed by atoms with E-state index in [0.29, 0.717) is 6.42 Å². The van der Waals surface area contributed by atoms with Gasteiger partial charge in [-0.05, 0) is 34.6 Å². The number of carbonyl (C=O) groups is 4. The summed E-state index contributed by atoms with van der Waals surface area (Å²) < 4.78 is 10.7. The topological polar surface area (TPSA) is 105 Å². The quantitative estimate of drug-likeness (QED) is 0.715. The van der Waals surface area contributed by atoms with Gasteiger partial charge in [0, 0.05) is 19.6 Å². The van der Waals surface area contributed by atoms with Crippen LogP contribution in [0, 0.1) is 0 Å². The van der Waals surface area contributed by atoms with Gasteiger partial charge in [-0.1, -0.05) is 0 Å². The van der Waals surface area contributed by atoms with Gasteiger partial charge in [0.25, 0.3) is 5.91 Å². The fourth-order valence-electron chi connectivity index (χ4n) is 3.31. The van der Waals surface area contributed by atoms with E-state index in [4.69, 9.17) is 9.47 Å². The van der Waals surface area contributed by atoms with Crippen molar-refractivity contribution < 1.29 is 28.7 Å². The third kappa shape index (κ3) is 4.77. The number of carbonyl (C=O) groups excluding carboxylic acids is 4. The van der Waals surface area contributed by atoms with Crippen LogP contribution in [0.2, 0.25) is 0 Å². The molecule has 2 fully saturated rings. The van der Waals surface area contributed by atoms with Crippen molar-refractivity contribution in [3.63, 3.8) is 0 Å². The molecule has 2 aliphatic rings. The van der Waals surface area contributed by atoms with Gasteiger partial charge in [0.05, 0.1) is 19.1 Å². The molecule has 2 aliphatic heterocycles. The largest absolute Gasteiger partial charge is 0.444 e. The molecule has 0 aliphatic carbocycles. The first-order chi connectivity index (χ1) is 12.4. The molecule has 4 amide bonds. The molecular weight excluding hydrogens is 354 g/mol. The molecule has 0 unspecified atom stereocenters. The van der Waals surface area contributed by atoms with Crippen LogP contribution in [0.4, 0.5) is 4.79 Å². The molecule has 9 nitrogen and oxygen atoms in total. The molecule has 9 heteroatoms. The van der Waals surface area contributed by atoms with Crippen molar-refractivity contribution in [2.75, 3.05) is 13.7 Å². The average Bonchev–Trinajstić information content (AvgIpc) is 3.07. The molecule has 152 valence electrons. The number of hydrogen-bond acceptors (Lipinski definition) is 6. The summed E-state index contributed by atoms with van der Waals surface area (Å²) in [6.45, 7) is 8.93. The second-order valence-corrected chi connectivity index (χ2v) is 8.20. The van der Waals surface area contributed by atoms with Crippen LogP contribution in [0.1, 0.15) is 47.5 Å². The van der Waals surface area contributed by atoms with Crippen molar-refractivity contribution in [1.29, 1.82) is 0 Å². The summed E-state index contributed by atoms with van der Waals surface area (Å²) >= 11 is 0. The lowest BCUT2D eigenvalue weighted by Gasteiger charge is -2.28. The van der Waals surface area contributed by atoms with Crippen LogP contribution in [0.15, 0.2) is 0 Å². The minimum atomic E-state index is -0.908. The van der Waals surface area contributed by atoms with Gasteiger partial charge >= 0.3 is 6.09 Å². The number of hydrogen-bond donors (Lipinski definition) is 1. The Morgan fingerprint density at radius 2 is 1.85 bits per heavy atom. The molecule has 2 saturated heterocycles. The predicted molar refractivity (Wildman–Crippen MR) is 95.7 cm³/mol. The van der Waals surface area contributed by atoms with Gasteiger partial charge < -0.3 is 14.8 Å². The van der Waals surface area contributed by atoms with Crippen molar-refractivity contribution in [2.45, 2.75) is 77.3 Å². The smallest absolute Gasteiger partial charge is 0.411 e. The third-order valence-electron chi connectivity index (χ3n) is 4.54. The van der Waals surface area contributed by atoms with E-state index in [-0.39, 0.29) is 31.0 Å². The van der Waals surface area contributed by atoms with Crippen molar-refractivity contribution in [1.82, 2.24) is 15.1 Å². The summed E-state index contributed by atoms with van der Waals surface area (Å²) in [4.78, 5) is 52.1. The van der Waals surface area contributed by atoms with Gasteiger partial charge in [0.1, 0.15) is 17.7 Å². The second kappa shape index (κ2) is 7.84. The van der Waals surface area contributed by atoms with E-state index in [9.17, 15) is 19.2 Å². The van der Waals surface area contributed by atoms with E-state index in [1.165, 1.54) is 12.0 Å². The Kier molecular flexibility index (Phi) is 6.14. The maximum atomic E-state index is 12.8. The molecule has 3 atom stereocenters. The Balaban J connectivity index is 2.10. The molecule has 27 heavy (non-hydrogen) atoms. The third-order valence-corrected chi connectivity index (χ3v) is 4.54. The Morgan fingerprint density at radius 3 is 2.33 bits per heavy atom. The molecule has 0 aromatic rings. The minimum absolute atomic E-state index is 0.0738. The number of imide groups is 1. The SMILES string of the molecule is CO[C@H]1C[C@H](C(=O)N[C@@H]2CC(=O)N(C(C)C)C2=O)N(C(=O)OC(C)(C)C)C1. The predicted octanol–water partition coefficient (Wildman–Crippen LogP) is 0.663. The standard InChI is InChI=1S/C18H29N3O6/c1-10(2)21-14(22)8-12(16(21)24)19-15(23)13-7-11(26-6)9-20(13)17(25)27-18(3,4)5/h10-13H,7-9H2,1-6H3,(H,19,23)/t11-,12+,13+/m0/s1. The molecule has 0 aromatic carbocycles. The zero-order chi connectivity index (χ0) is 20.5. The molecule has 0 spiro atoms. The number of ether oxygens (including phenoxy) is 2. The number of nitrogens with one attached hydrogen (secondary N) is 1. The van der Waals surface area contributed by atoms with Crippen molar-refractivity contribution in [3.05, 3.63) is 0 Å². The van der Waals surface area contributed by atoms with E-state index >= 15 is 0 Å². The van der Waals surface area contributed by atoms with E-state index in [2.05, 4.69) is 5.32 Å². The Morgan fingerprint density at radius 1 is 1.22 bits per heavy atom. The van der Waals surface area contributed by atoms with E-state index in [1.54, 1.807) is 34.6 Å². The summed E-state index contributed by atoms with van der Waals surface area (Å²) in [5, 5.41) is 2.62. The lowest BCUT2D eigenvalue weighted by Crippen LogP contribution is -2.51. The lowest BCUT2D eigenvalue weighted by molar-refractivity contribution is -0.141. The summed E-state index contributed by atoms with van der Waals surface area (Å²) in [5.41, 5.74) is -0.700. The average molecular weight is 383 g/mol. The maximum absolute atomic E-state index is 12.8. The second-order valence-electron chi connectivity index (χ2n) is 8.20. The van der Waals surface area contributed by atoms with Gasteiger partial charge in [0.2, 0.25) is 11.8 Å². The van der Waals surface area contributed by atoms with Crippen LogP contribution in [-0.2, 0) is 23.9 Å². The fourth-order valence-corrected chi connectivity index (χ4v) is 3.31. The first-order valence-corrected chi connectivity index (χ1v) is 9.13. The summed E-state index contributed by atoms with van der Waals surface area (Å²) in [6, 6.07) is -2.00. The maximum Gasteiger partial charge on any atom is 0.411 e. The number of methoxy groups -OCH3 is 1. The van der Waals surface area contributed by atoms with Crippen molar-refractivity contribution in [2.24, 2.45) is 0 Å². The Hall–Kier alpha value is -2.16. The number of likely N-dealkylation sites (tertiary alicyclic amines) is 2. The number of amides is 4. The van der Waals surface area contributed by atoms with Crippen LogP contribution in [0.5, 0.6) is 0 Å². The van der Waals surface area contributed by atoms with Crippen molar-refractivity contribution >= 4 is 23.8 Å². The first-order valence-electron chi connectivity index (χ1n) is 9.13.